The number of nitrogens with zero attached hydrogens (tertiary/aromatic N) is 1. The summed E-state index contributed by atoms with van der Waals surface area (Å²) >= 11 is 1.28. The van der Waals surface area contributed by atoms with Crippen molar-refractivity contribution in [3.8, 4) is 0 Å². The van der Waals surface area contributed by atoms with Crippen LogP contribution in [0.15, 0.2) is 22.0 Å². The number of pyridine rings is 1. The van der Waals surface area contributed by atoms with Crippen LogP contribution in [-0.2, 0) is 7.05 Å². The van der Waals surface area contributed by atoms with Crippen molar-refractivity contribution in [1.82, 2.24) is 4.57 Å². The van der Waals surface area contributed by atoms with E-state index in [-0.39, 0.29) is 5.56 Å². The van der Waals surface area contributed by atoms with E-state index in [0.717, 1.165) is 6.07 Å². The fraction of sp³-hybridized carbons (Fsp3) is 0.286. The van der Waals surface area contributed by atoms with Crippen LogP contribution < -0.4 is 5.56 Å². The molecule has 0 fully saturated rings. The summed E-state index contributed by atoms with van der Waals surface area (Å²) in [6.45, 7) is 0. The molecular weight excluding hydrogens is 165 g/mol. The van der Waals surface area contributed by atoms with Gasteiger partial charge in [-0.25, -0.2) is 4.39 Å². The Bertz CT molecular complexity index is 321. The van der Waals surface area contributed by atoms with Gasteiger partial charge in [0, 0.05) is 19.3 Å². The van der Waals surface area contributed by atoms with E-state index in [0.29, 0.717) is 4.90 Å². The van der Waals surface area contributed by atoms with E-state index in [1.54, 1.807) is 13.3 Å². The second-order valence-corrected chi connectivity index (χ2v) is 2.99. The molecule has 2 nitrogen and oxygen atoms in total. The molecule has 0 N–H and O–H groups in total. The Hall–Kier alpha value is -0.770. The molecule has 0 aliphatic rings. The molecule has 0 aromatic carbocycles. The highest BCUT2D eigenvalue weighted by Gasteiger charge is 2.01. The van der Waals surface area contributed by atoms with Crippen LogP contribution in [0.2, 0.25) is 0 Å². The van der Waals surface area contributed by atoms with Crippen molar-refractivity contribution < 1.29 is 4.39 Å². The van der Waals surface area contributed by atoms with E-state index >= 15 is 0 Å². The Labute approximate surface area is 68.0 Å². The zero-order valence-electron chi connectivity index (χ0n) is 6.30. The first-order valence-corrected chi connectivity index (χ1v) is 4.28. The molecule has 0 saturated carbocycles. The van der Waals surface area contributed by atoms with Crippen molar-refractivity contribution in [3.63, 3.8) is 0 Å². The van der Waals surface area contributed by atoms with Gasteiger partial charge in [-0.2, -0.15) is 0 Å². The molecule has 4 heteroatoms. The molecule has 0 aliphatic carbocycles. The van der Waals surface area contributed by atoms with Crippen molar-refractivity contribution in [2.75, 3.05) is 6.26 Å². The van der Waals surface area contributed by atoms with E-state index < -0.39 is 5.82 Å². The third-order valence-corrected chi connectivity index (χ3v) is 2.10. The van der Waals surface area contributed by atoms with Crippen LogP contribution >= 0.6 is 11.8 Å². The number of rotatable bonds is 1. The van der Waals surface area contributed by atoms with E-state index in [1.165, 1.54) is 22.5 Å². The monoisotopic (exact) mass is 173 g/mol. The molecule has 0 unspecified atom stereocenters. The third-order valence-electron chi connectivity index (χ3n) is 1.36. The average Bonchev–Trinajstić information content (AvgIpc) is 1.97. The molecule has 11 heavy (non-hydrogen) atoms. The van der Waals surface area contributed by atoms with Gasteiger partial charge in [0.05, 0.1) is 4.90 Å². The molecule has 1 rings (SSSR count). The molecule has 0 aliphatic heterocycles. The molecule has 0 radical (unpaired) electrons. The number of thioether (sulfide) groups is 1. The Morgan fingerprint density at radius 1 is 1.64 bits per heavy atom. The molecule has 0 atom stereocenters. The second-order valence-electron chi connectivity index (χ2n) is 2.14. The van der Waals surface area contributed by atoms with Crippen molar-refractivity contribution >= 4 is 11.8 Å². The molecule has 1 heterocycles. The maximum Gasteiger partial charge on any atom is 0.253 e. The van der Waals surface area contributed by atoms with Gasteiger partial charge in [0.2, 0.25) is 0 Å². The molecule has 60 valence electrons. The van der Waals surface area contributed by atoms with Crippen LogP contribution in [0.3, 0.4) is 0 Å². The van der Waals surface area contributed by atoms with Crippen LogP contribution in [0, 0.1) is 5.82 Å². The minimum absolute atomic E-state index is 0.319. The van der Waals surface area contributed by atoms with Crippen molar-refractivity contribution in [1.29, 1.82) is 0 Å². The Balaban J connectivity index is 3.32. The van der Waals surface area contributed by atoms with Gasteiger partial charge in [-0.3, -0.25) is 4.79 Å². The van der Waals surface area contributed by atoms with Crippen molar-refractivity contribution in [2.24, 2.45) is 7.05 Å². The summed E-state index contributed by atoms with van der Waals surface area (Å²) in [5.74, 6) is -0.444. The van der Waals surface area contributed by atoms with E-state index in [9.17, 15) is 9.18 Å². The minimum Gasteiger partial charge on any atom is -0.317 e. The highest BCUT2D eigenvalue weighted by molar-refractivity contribution is 7.98. The molecular formula is C7H8FNOS. The maximum atomic E-state index is 12.8. The van der Waals surface area contributed by atoms with Gasteiger partial charge < -0.3 is 4.57 Å². The van der Waals surface area contributed by atoms with Gasteiger partial charge in [0.25, 0.3) is 5.56 Å². The predicted octanol–water partition coefficient (Wildman–Crippen LogP) is 1.25. The zero-order chi connectivity index (χ0) is 8.43. The fourth-order valence-electron chi connectivity index (χ4n) is 0.733. The summed E-state index contributed by atoms with van der Waals surface area (Å²) in [7, 11) is 1.60. The van der Waals surface area contributed by atoms with Crippen LogP contribution in [0.4, 0.5) is 4.39 Å². The highest BCUT2D eigenvalue weighted by atomic mass is 32.2. The Kier molecular flexibility index (Phi) is 2.34. The lowest BCUT2D eigenvalue weighted by Crippen LogP contribution is -2.15. The van der Waals surface area contributed by atoms with E-state index in [1.807, 2.05) is 0 Å². The summed E-state index contributed by atoms with van der Waals surface area (Å²) in [6.07, 6.45) is 3.26. The maximum absolute atomic E-state index is 12.8. The van der Waals surface area contributed by atoms with Crippen LogP contribution in [0.1, 0.15) is 0 Å². The first-order valence-electron chi connectivity index (χ1n) is 3.05. The van der Waals surface area contributed by atoms with Gasteiger partial charge in [-0.05, 0) is 6.26 Å². The second kappa shape index (κ2) is 3.09. The molecule has 0 spiro atoms. The van der Waals surface area contributed by atoms with Crippen molar-refractivity contribution in [2.45, 2.75) is 4.90 Å². The third kappa shape index (κ3) is 1.63. The van der Waals surface area contributed by atoms with Gasteiger partial charge >= 0.3 is 0 Å². The lowest BCUT2D eigenvalue weighted by molar-refractivity contribution is 0.587. The van der Waals surface area contributed by atoms with Crippen LogP contribution in [-0.4, -0.2) is 10.8 Å². The summed E-state index contributed by atoms with van der Waals surface area (Å²) in [5, 5.41) is 0. The number of halogens is 1. The summed E-state index contributed by atoms with van der Waals surface area (Å²) in [6, 6.07) is 0.992. The lowest BCUT2D eigenvalue weighted by Gasteiger charge is -2.00. The first-order chi connectivity index (χ1) is 5.15. The van der Waals surface area contributed by atoms with E-state index in [4.69, 9.17) is 0 Å². The first kappa shape index (κ1) is 8.33. The number of hydrogen-bond donors (Lipinski definition) is 0. The average molecular weight is 173 g/mol. The zero-order valence-corrected chi connectivity index (χ0v) is 7.11. The summed E-state index contributed by atoms with van der Waals surface area (Å²) < 4.78 is 14.2. The smallest absolute Gasteiger partial charge is 0.253 e. The highest BCUT2D eigenvalue weighted by Crippen LogP contribution is 2.15. The molecule has 0 bridgehead atoms. The predicted molar refractivity (Wildman–Crippen MR) is 43.4 cm³/mol. The van der Waals surface area contributed by atoms with Crippen LogP contribution in [0.25, 0.3) is 0 Å². The molecule has 1 aromatic heterocycles. The molecule has 0 saturated heterocycles. The lowest BCUT2D eigenvalue weighted by atomic mass is 10.4. The quantitative estimate of drug-likeness (QED) is 0.596. The number of aromatic nitrogens is 1. The van der Waals surface area contributed by atoms with Gasteiger partial charge in [0.15, 0.2) is 0 Å². The number of hydrogen-bond acceptors (Lipinski definition) is 2. The number of aryl methyl sites for hydroxylation is 1. The van der Waals surface area contributed by atoms with E-state index in [2.05, 4.69) is 0 Å². The standard InChI is InChI=1S/C7H8FNOS/c1-9-4-6(11-2)5(8)3-7(9)10/h3-4H,1-2H3. The summed E-state index contributed by atoms with van der Waals surface area (Å²) in [4.78, 5) is 11.3. The van der Waals surface area contributed by atoms with Crippen molar-refractivity contribution in [3.05, 3.63) is 28.4 Å². The largest absolute Gasteiger partial charge is 0.317 e. The minimum atomic E-state index is -0.444. The van der Waals surface area contributed by atoms with Gasteiger partial charge in [-0.15, -0.1) is 11.8 Å². The Morgan fingerprint density at radius 2 is 2.27 bits per heavy atom. The summed E-state index contributed by atoms with van der Waals surface area (Å²) in [5.41, 5.74) is -0.319. The topological polar surface area (TPSA) is 22.0 Å². The van der Waals surface area contributed by atoms with Gasteiger partial charge in [0.1, 0.15) is 5.82 Å². The van der Waals surface area contributed by atoms with Gasteiger partial charge in [-0.1, -0.05) is 0 Å². The fourth-order valence-corrected chi connectivity index (χ4v) is 1.25. The Morgan fingerprint density at radius 3 is 2.82 bits per heavy atom. The molecule has 0 amide bonds. The normalized spacial score (nSPS) is 10.1. The molecule has 1 aromatic rings. The SMILES string of the molecule is CSc1cn(C)c(=O)cc1F. The van der Waals surface area contributed by atoms with Crippen LogP contribution in [0.5, 0.6) is 0 Å².